The Kier molecular flexibility index (Phi) is 5.38. The third-order valence-corrected chi connectivity index (χ3v) is 6.38. The van der Waals surface area contributed by atoms with Gasteiger partial charge in [0.15, 0.2) is 0 Å². The highest BCUT2D eigenvalue weighted by Crippen LogP contribution is 2.31. The number of anilines is 2. The van der Waals surface area contributed by atoms with Gasteiger partial charge in [-0.2, -0.15) is 5.10 Å². The first-order valence-electron chi connectivity index (χ1n) is 11.7. The maximum absolute atomic E-state index is 12.6. The van der Waals surface area contributed by atoms with Crippen LogP contribution in [-0.2, 0) is 6.54 Å². The van der Waals surface area contributed by atoms with Crippen LogP contribution in [0.3, 0.4) is 0 Å². The van der Waals surface area contributed by atoms with Crippen molar-refractivity contribution in [2.75, 3.05) is 18.4 Å². The summed E-state index contributed by atoms with van der Waals surface area (Å²) in [5, 5.41) is 15.7. The maximum atomic E-state index is 12.6. The van der Waals surface area contributed by atoms with E-state index in [1.54, 1.807) is 6.20 Å². The summed E-state index contributed by atoms with van der Waals surface area (Å²) < 4.78 is 0. The molecule has 8 heteroatoms. The number of fused-ring (bicyclic) bond motifs is 2. The predicted molar refractivity (Wildman–Crippen MR) is 138 cm³/mol. The molecule has 0 saturated heterocycles. The van der Waals surface area contributed by atoms with Crippen LogP contribution in [0.25, 0.3) is 27.5 Å². The molecule has 4 N–H and O–H groups in total. The van der Waals surface area contributed by atoms with Crippen LogP contribution < -0.4 is 10.6 Å². The minimum atomic E-state index is -0.0384. The van der Waals surface area contributed by atoms with Gasteiger partial charge >= 0.3 is 6.03 Å². The topological polar surface area (TPSA) is 102 Å². The van der Waals surface area contributed by atoms with E-state index >= 15 is 0 Å². The molecule has 0 spiro atoms. The number of pyridine rings is 1. The standard InChI is InChI=1S/C27H25N7O/c35-27(29-16-18-4-2-1-3-5-18)34-12-9-19(10-13-34)25-15-22-24(8-11-28-26(22)32-25)31-21-6-7-23-20(14-21)17-30-33-23/h1-9,11,14-15,17H,10,12-13,16H2,(H,29,35)(H,30,33)(H2,28,31,32). The van der Waals surface area contributed by atoms with Gasteiger partial charge in [0.2, 0.25) is 0 Å². The van der Waals surface area contributed by atoms with E-state index in [9.17, 15) is 4.79 Å². The molecule has 0 fully saturated rings. The minimum absolute atomic E-state index is 0.0384. The predicted octanol–water partition coefficient (Wildman–Crippen LogP) is 5.18. The number of aromatic nitrogens is 4. The Morgan fingerprint density at radius 2 is 2.00 bits per heavy atom. The quantitative estimate of drug-likeness (QED) is 0.288. The number of urea groups is 1. The first-order chi connectivity index (χ1) is 17.2. The highest BCUT2D eigenvalue weighted by molar-refractivity contribution is 5.95. The number of nitrogens with zero attached hydrogens (tertiary/aromatic N) is 3. The Hall–Kier alpha value is -4.59. The van der Waals surface area contributed by atoms with Crippen molar-refractivity contribution in [2.45, 2.75) is 13.0 Å². The summed E-state index contributed by atoms with van der Waals surface area (Å²) in [5.74, 6) is 0. The Morgan fingerprint density at radius 3 is 2.86 bits per heavy atom. The van der Waals surface area contributed by atoms with Crippen molar-refractivity contribution in [3.63, 3.8) is 0 Å². The molecule has 5 aromatic rings. The van der Waals surface area contributed by atoms with Gasteiger partial charge in [-0.05, 0) is 47.9 Å². The Bertz CT molecular complexity index is 1530. The summed E-state index contributed by atoms with van der Waals surface area (Å²) in [6.45, 7) is 1.78. The normalized spacial score (nSPS) is 13.7. The summed E-state index contributed by atoms with van der Waals surface area (Å²) >= 11 is 0. The first-order valence-corrected chi connectivity index (χ1v) is 11.7. The number of carbonyl (C=O) groups excluding carboxylic acids is 1. The van der Waals surface area contributed by atoms with Gasteiger partial charge in [0.05, 0.1) is 17.4 Å². The van der Waals surface area contributed by atoms with Crippen LogP contribution in [0.2, 0.25) is 0 Å². The lowest BCUT2D eigenvalue weighted by molar-refractivity contribution is 0.202. The van der Waals surface area contributed by atoms with Crippen LogP contribution in [0, 0.1) is 0 Å². The molecular formula is C27H25N7O. The van der Waals surface area contributed by atoms with Crippen LogP contribution >= 0.6 is 0 Å². The second-order valence-corrected chi connectivity index (χ2v) is 8.67. The van der Waals surface area contributed by atoms with Crippen molar-refractivity contribution in [3.8, 4) is 0 Å². The molecule has 0 radical (unpaired) electrons. The van der Waals surface area contributed by atoms with Crippen molar-refractivity contribution in [3.05, 3.63) is 90.4 Å². The number of amides is 2. The monoisotopic (exact) mass is 463 g/mol. The second-order valence-electron chi connectivity index (χ2n) is 8.67. The molecule has 1 aliphatic rings. The van der Waals surface area contributed by atoms with Crippen LogP contribution in [0.4, 0.5) is 16.2 Å². The van der Waals surface area contributed by atoms with Gasteiger partial charge in [-0.15, -0.1) is 0 Å². The summed E-state index contributed by atoms with van der Waals surface area (Å²) in [6.07, 6.45) is 6.52. The van der Waals surface area contributed by atoms with E-state index in [0.29, 0.717) is 19.6 Å². The lowest BCUT2D eigenvalue weighted by atomic mass is 10.0. The Labute approximate surface area is 202 Å². The molecule has 2 amide bonds. The summed E-state index contributed by atoms with van der Waals surface area (Å²) in [4.78, 5) is 22.4. The van der Waals surface area contributed by atoms with Crippen molar-refractivity contribution >= 4 is 44.9 Å². The average molecular weight is 464 g/mol. The van der Waals surface area contributed by atoms with E-state index in [4.69, 9.17) is 0 Å². The number of aromatic amines is 2. The molecular weight excluding hydrogens is 438 g/mol. The molecule has 0 bridgehead atoms. The molecule has 2 aromatic carbocycles. The third-order valence-electron chi connectivity index (χ3n) is 6.38. The number of H-pyrrole nitrogens is 2. The smallest absolute Gasteiger partial charge is 0.317 e. The molecule has 6 rings (SSSR count). The molecule has 1 aliphatic heterocycles. The fourth-order valence-electron chi connectivity index (χ4n) is 4.47. The number of benzene rings is 2. The van der Waals surface area contributed by atoms with Gasteiger partial charge < -0.3 is 20.5 Å². The van der Waals surface area contributed by atoms with E-state index in [2.05, 4.69) is 49.0 Å². The number of rotatable bonds is 5. The molecule has 3 aromatic heterocycles. The van der Waals surface area contributed by atoms with Gasteiger partial charge in [-0.3, -0.25) is 5.10 Å². The molecule has 0 aliphatic carbocycles. The van der Waals surface area contributed by atoms with Crippen LogP contribution in [0.5, 0.6) is 0 Å². The van der Waals surface area contributed by atoms with Gasteiger partial charge in [-0.1, -0.05) is 36.4 Å². The third kappa shape index (κ3) is 4.33. The second kappa shape index (κ2) is 8.98. The molecule has 174 valence electrons. The number of nitrogens with one attached hydrogen (secondary N) is 4. The molecule has 0 atom stereocenters. The van der Waals surface area contributed by atoms with Crippen molar-refractivity contribution in [1.29, 1.82) is 0 Å². The van der Waals surface area contributed by atoms with Gasteiger partial charge in [0, 0.05) is 48.0 Å². The van der Waals surface area contributed by atoms with Gasteiger partial charge in [0.1, 0.15) is 5.65 Å². The zero-order chi connectivity index (χ0) is 23.6. The van der Waals surface area contributed by atoms with E-state index in [-0.39, 0.29) is 6.03 Å². The first kappa shape index (κ1) is 21.0. The largest absolute Gasteiger partial charge is 0.355 e. The summed E-state index contributed by atoms with van der Waals surface area (Å²) in [6, 6.07) is 20.1. The zero-order valence-electron chi connectivity index (χ0n) is 19.1. The number of hydrogen-bond acceptors (Lipinski definition) is 4. The number of hydrogen-bond donors (Lipinski definition) is 4. The van der Waals surface area contributed by atoms with E-state index in [1.165, 1.54) is 5.57 Å². The van der Waals surface area contributed by atoms with Crippen molar-refractivity contribution in [2.24, 2.45) is 0 Å². The molecule has 8 nitrogen and oxygen atoms in total. The van der Waals surface area contributed by atoms with E-state index in [1.807, 2.05) is 59.6 Å². The average Bonchev–Trinajstić information content (AvgIpc) is 3.55. The van der Waals surface area contributed by atoms with Crippen molar-refractivity contribution < 1.29 is 4.79 Å². The summed E-state index contributed by atoms with van der Waals surface area (Å²) in [5.41, 5.74) is 7.14. The van der Waals surface area contributed by atoms with Gasteiger partial charge in [0.25, 0.3) is 0 Å². The summed E-state index contributed by atoms with van der Waals surface area (Å²) in [7, 11) is 0. The van der Waals surface area contributed by atoms with E-state index < -0.39 is 0 Å². The molecule has 0 unspecified atom stereocenters. The lowest BCUT2D eigenvalue weighted by Crippen LogP contribution is -2.41. The number of carbonyl (C=O) groups is 1. The lowest BCUT2D eigenvalue weighted by Gasteiger charge is -2.26. The molecule has 35 heavy (non-hydrogen) atoms. The van der Waals surface area contributed by atoms with Crippen LogP contribution in [0.1, 0.15) is 17.7 Å². The maximum Gasteiger partial charge on any atom is 0.317 e. The highest BCUT2D eigenvalue weighted by atomic mass is 16.2. The van der Waals surface area contributed by atoms with Gasteiger partial charge in [-0.25, -0.2) is 9.78 Å². The molecule has 4 heterocycles. The SMILES string of the molecule is O=C(NCc1ccccc1)N1CC=C(c2cc3c(Nc4ccc5[nH]ncc5c4)ccnc3[nH]2)CC1. The van der Waals surface area contributed by atoms with Crippen LogP contribution in [0.15, 0.2) is 79.1 Å². The minimum Gasteiger partial charge on any atom is -0.355 e. The van der Waals surface area contributed by atoms with Crippen LogP contribution in [-0.4, -0.2) is 44.2 Å². The Morgan fingerprint density at radius 1 is 1.09 bits per heavy atom. The Balaban J connectivity index is 1.16. The zero-order valence-corrected chi connectivity index (χ0v) is 19.1. The highest BCUT2D eigenvalue weighted by Gasteiger charge is 2.19. The fourth-order valence-corrected chi connectivity index (χ4v) is 4.47. The van der Waals surface area contributed by atoms with E-state index in [0.717, 1.165) is 51.0 Å². The molecule has 0 saturated carbocycles. The van der Waals surface area contributed by atoms with Crippen molar-refractivity contribution in [1.82, 2.24) is 30.4 Å². The fraction of sp³-hybridized carbons (Fsp3) is 0.148.